The van der Waals surface area contributed by atoms with Gasteiger partial charge in [0.2, 0.25) is 11.8 Å². The SMILES string of the molecule is COc1cc(CO)cc2c1OC1C2C(C(=O)NCCO)=CC(N(CC2CC2)C(=O)CCCC(C)=O)C1O. The highest BCUT2D eigenvalue weighted by Gasteiger charge is 2.51. The number of aliphatic hydroxyl groups is 3. The van der Waals surface area contributed by atoms with Crippen LogP contribution in [-0.2, 0) is 21.0 Å². The van der Waals surface area contributed by atoms with Gasteiger partial charge in [-0.3, -0.25) is 9.59 Å². The van der Waals surface area contributed by atoms with Gasteiger partial charge in [0.15, 0.2) is 11.5 Å². The Morgan fingerprint density at radius 1 is 1.19 bits per heavy atom. The van der Waals surface area contributed by atoms with Crippen LogP contribution in [0.25, 0.3) is 0 Å². The van der Waals surface area contributed by atoms with Gasteiger partial charge in [-0.05, 0) is 55.9 Å². The fraction of sp³-hybridized carbons (Fsp3) is 0.593. The Morgan fingerprint density at radius 3 is 2.57 bits per heavy atom. The molecule has 202 valence electrons. The molecule has 0 saturated heterocycles. The predicted molar refractivity (Wildman–Crippen MR) is 133 cm³/mol. The third-order valence-corrected chi connectivity index (χ3v) is 7.25. The van der Waals surface area contributed by atoms with Gasteiger partial charge in [0.25, 0.3) is 0 Å². The molecule has 10 heteroatoms. The van der Waals surface area contributed by atoms with E-state index in [1.807, 2.05) is 0 Å². The number of rotatable bonds is 12. The summed E-state index contributed by atoms with van der Waals surface area (Å²) in [5.74, 6) is -0.162. The molecule has 1 saturated carbocycles. The van der Waals surface area contributed by atoms with Crippen molar-refractivity contribution in [3.63, 3.8) is 0 Å². The Hall–Kier alpha value is -2.95. The number of nitrogens with zero attached hydrogens (tertiary/aromatic N) is 1. The number of aliphatic hydroxyl groups excluding tert-OH is 3. The molecule has 4 N–H and O–H groups in total. The van der Waals surface area contributed by atoms with Gasteiger partial charge in [-0.2, -0.15) is 0 Å². The average Bonchev–Trinajstić information content (AvgIpc) is 3.62. The number of benzene rings is 1. The second-order valence-electron chi connectivity index (χ2n) is 10.1. The number of hydrogen-bond donors (Lipinski definition) is 4. The highest BCUT2D eigenvalue weighted by molar-refractivity contribution is 5.96. The van der Waals surface area contributed by atoms with Gasteiger partial charge in [0, 0.05) is 37.1 Å². The minimum absolute atomic E-state index is 0.0122. The van der Waals surface area contributed by atoms with E-state index in [1.54, 1.807) is 23.1 Å². The van der Waals surface area contributed by atoms with Gasteiger partial charge >= 0.3 is 0 Å². The summed E-state index contributed by atoms with van der Waals surface area (Å²) >= 11 is 0. The fourth-order valence-corrected chi connectivity index (χ4v) is 5.22. The van der Waals surface area contributed by atoms with Gasteiger partial charge in [0.1, 0.15) is 18.0 Å². The van der Waals surface area contributed by atoms with Crippen molar-refractivity contribution in [2.75, 3.05) is 26.8 Å². The number of amides is 2. The molecule has 0 aromatic heterocycles. The summed E-state index contributed by atoms with van der Waals surface area (Å²) in [7, 11) is 1.48. The van der Waals surface area contributed by atoms with Gasteiger partial charge in [-0.1, -0.05) is 0 Å². The van der Waals surface area contributed by atoms with Crippen LogP contribution in [0.1, 0.15) is 56.1 Å². The number of methoxy groups -OCH3 is 1. The smallest absolute Gasteiger partial charge is 0.247 e. The molecule has 1 heterocycles. The zero-order chi connectivity index (χ0) is 26.7. The van der Waals surface area contributed by atoms with E-state index in [4.69, 9.17) is 9.47 Å². The number of carbonyl (C=O) groups excluding carboxylic acids is 3. The predicted octanol–water partition coefficient (Wildman–Crippen LogP) is 0.808. The molecule has 4 rings (SSSR count). The van der Waals surface area contributed by atoms with Crippen molar-refractivity contribution < 1.29 is 39.2 Å². The standard InChI is InChI=1S/C27H36N2O8/c1-15(32)4-3-5-22(33)29(13-16-6-7-16)20-12-19(27(35)28-8-9-30)23-18-10-17(14-31)11-21(36-2)25(18)37-26(23)24(20)34/h10-12,16,20,23-24,26,30-31,34H,3-9,13-14H2,1-2H3,(H,28,35). The van der Waals surface area contributed by atoms with Gasteiger partial charge in [-0.15, -0.1) is 0 Å². The molecule has 10 nitrogen and oxygen atoms in total. The Morgan fingerprint density at radius 2 is 1.95 bits per heavy atom. The van der Waals surface area contributed by atoms with Crippen LogP contribution in [-0.4, -0.2) is 82.9 Å². The number of carbonyl (C=O) groups is 3. The largest absolute Gasteiger partial charge is 0.493 e. The lowest BCUT2D eigenvalue weighted by Gasteiger charge is -2.41. The number of ether oxygens (including phenoxy) is 2. The lowest BCUT2D eigenvalue weighted by molar-refractivity contribution is -0.137. The van der Waals surface area contributed by atoms with E-state index < -0.39 is 30.1 Å². The van der Waals surface area contributed by atoms with Crippen LogP contribution in [0.3, 0.4) is 0 Å². The monoisotopic (exact) mass is 516 g/mol. The van der Waals surface area contributed by atoms with Gasteiger partial charge < -0.3 is 39.8 Å². The third kappa shape index (κ3) is 5.81. The maximum atomic E-state index is 13.3. The molecule has 4 unspecified atom stereocenters. The van der Waals surface area contributed by atoms with Crippen LogP contribution in [0.4, 0.5) is 0 Å². The molecular formula is C27H36N2O8. The van der Waals surface area contributed by atoms with Crippen LogP contribution in [0, 0.1) is 5.92 Å². The van der Waals surface area contributed by atoms with E-state index >= 15 is 0 Å². The van der Waals surface area contributed by atoms with Crippen molar-refractivity contribution in [2.45, 2.75) is 69.8 Å². The molecule has 1 aliphatic heterocycles. The second kappa shape index (κ2) is 11.6. The Balaban J connectivity index is 1.73. The minimum Gasteiger partial charge on any atom is -0.493 e. The summed E-state index contributed by atoms with van der Waals surface area (Å²) in [6, 6.07) is 2.57. The maximum absolute atomic E-state index is 13.3. The van der Waals surface area contributed by atoms with Crippen molar-refractivity contribution in [1.82, 2.24) is 10.2 Å². The number of Topliss-reactive ketones (excluding diaryl/α,β-unsaturated/α-hetero) is 1. The summed E-state index contributed by atoms with van der Waals surface area (Å²) in [6.45, 7) is 1.50. The molecule has 0 bridgehead atoms. The first kappa shape index (κ1) is 27.1. The van der Waals surface area contributed by atoms with Crippen molar-refractivity contribution in [1.29, 1.82) is 0 Å². The number of nitrogens with one attached hydrogen (secondary N) is 1. The van der Waals surface area contributed by atoms with Crippen LogP contribution >= 0.6 is 0 Å². The summed E-state index contributed by atoms with van der Waals surface area (Å²) in [5, 5.41) is 33.3. The Labute approximate surface area is 216 Å². The molecule has 0 spiro atoms. The molecule has 37 heavy (non-hydrogen) atoms. The van der Waals surface area contributed by atoms with Crippen molar-refractivity contribution in [3.05, 3.63) is 34.9 Å². The lowest BCUT2D eigenvalue weighted by atomic mass is 9.77. The number of ketones is 1. The van der Waals surface area contributed by atoms with Crippen molar-refractivity contribution in [3.8, 4) is 11.5 Å². The molecule has 4 atom stereocenters. The Bertz CT molecular complexity index is 1070. The number of fused-ring (bicyclic) bond motifs is 3. The van der Waals surface area contributed by atoms with Gasteiger partial charge in [0.05, 0.1) is 32.3 Å². The first-order chi connectivity index (χ1) is 17.8. The maximum Gasteiger partial charge on any atom is 0.247 e. The van der Waals surface area contributed by atoms with Crippen molar-refractivity contribution in [2.24, 2.45) is 5.92 Å². The van der Waals surface area contributed by atoms with E-state index in [1.165, 1.54) is 14.0 Å². The molecular weight excluding hydrogens is 480 g/mol. The summed E-state index contributed by atoms with van der Waals surface area (Å²) in [6.07, 6.45) is 2.50. The lowest BCUT2D eigenvalue weighted by Crippen LogP contribution is -2.56. The highest BCUT2D eigenvalue weighted by atomic mass is 16.5. The fourth-order valence-electron chi connectivity index (χ4n) is 5.22. The molecule has 2 amide bonds. The minimum atomic E-state index is -1.13. The first-order valence-electron chi connectivity index (χ1n) is 12.8. The third-order valence-electron chi connectivity index (χ3n) is 7.25. The van der Waals surface area contributed by atoms with Crippen LogP contribution in [0.2, 0.25) is 0 Å². The zero-order valence-electron chi connectivity index (χ0n) is 21.3. The summed E-state index contributed by atoms with van der Waals surface area (Å²) in [5.41, 5.74) is 1.50. The van der Waals surface area contributed by atoms with E-state index in [9.17, 15) is 29.7 Å². The highest BCUT2D eigenvalue weighted by Crippen LogP contribution is 2.51. The quantitative estimate of drug-likeness (QED) is 0.319. The molecule has 0 radical (unpaired) electrons. The second-order valence-corrected chi connectivity index (χ2v) is 10.1. The summed E-state index contributed by atoms with van der Waals surface area (Å²) < 4.78 is 11.7. The van der Waals surface area contributed by atoms with Gasteiger partial charge in [-0.25, -0.2) is 0 Å². The zero-order valence-corrected chi connectivity index (χ0v) is 21.3. The normalized spacial score (nSPS) is 23.9. The average molecular weight is 517 g/mol. The van der Waals surface area contributed by atoms with E-state index in [0.29, 0.717) is 53.5 Å². The Kier molecular flexibility index (Phi) is 8.51. The first-order valence-corrected chi connectivity index (χ1v) is 12.8. The molecule has 1 fully saturated rings. The van der Waals surface area contributed by atoms with E-state index in [2.05, 4.69) is 5.32 Å². The molecule has 1 aromatic carbocycles. The van der Waals surface area contributed by atoms with Crippen LogP contribution in [0.15, 0.2) is 23.8 Å². The van der Waals surface area contributed by atoms with E-state index in [0.717, 1.165) is 12.8 Å². The molecule has 1 aromatic rings. The number of hydrogen-bond acceptors (Lipinski definition) is 8. The molecule has 3 aliphatic rings. The van der Waals surface area contributed by atoms with Crippen LogP contribution < -0.4 is 14.8 Å². The summed E-state index contributed by atoms with van der Waals surface area (Å²) in [4.78, 5) is 39.6. The topological polar surface area (TPSA) is 146 Å². The molecule has 2 aliphatic carbocycles. The van der Waals surface area contributed by atoms with Crippen molar-refractivity contribution >= 4 is 17.6 Å². The van der Waals surface area contributed by atoms with E-state index in [-0.39, 0.29) is 37.9 Å². The van der Waals surface area contributed by atoms with Crippen LogP contribution in [0.5, 0.6) is 11.5 Å².